The van der Waals surface area contributed by atoms with Crippen LogP contribution in [-0.2, 0) is 4.79 Å². The quantitative estimate of drug-likeness (QED) is 0.762. The van der Waals surface area contributed by atoms with E-state index in [1.54, 1.807) is 6.92 Å². The van der Waals surface area contributed by atoms with Crippen LogP contribution < -0.4 is 10.6 Å². The summed E-state index contributed by atoms with van der Waals surface area (Å²) < 4.78 is 13.5. The normalized spacial score (nSPS) is 12.0. The van der Waals surface area contributed by atoms with Crippen LogP contribution in [0.2, 0.25) is 10.0 Å². The number of benzene rings is 2. The number of hydrogen-bond donors (Lipinski definition) is 2. The van der Waals surface area contributed by atoms with E-state index < -0.39 is 5.82 Å². The number of hydrogen-bond acceptors (Lipinski definition) is 2. The van der Waals surface area contributed by atoms with Gasteiger partial charge in [-0.1, -0.05) is 35.3 Å². The molecular weight excluding hydrogens is 338 g/mol. The Morgan fingerprint density at radius 2 is 1.96 bits per heavy atom. The number of carbonyl (C=O) groups excluding carboxylic acids is 1. The first-order valence-electron chi connectivity index (χ1n) is 7.11. The number of aryl methyl sites for hydroxylation is 1. The van der Waals surface area contributed by atoms with Crippen molar-refractivity contribution in [1.29, 1.82) is 0 Å². The van der Waals surface area contributed by atoms with Crippen LogP contribution in [0.25, 0.3) is 0 Å². The fraction of sp³-hybridized carbons (Fsp3) is 0.235. The highest BCUT2D eigenvalue weighted by Crippen LogP contribution is 2.28. The average Bonchev–Trinajstić information content (AvgIpc) is 2.48. The monoisotopic (exact) mass is 354 g/mol. The average molecular weight is 355 g/mol. The van der Waals surface area contributed by atoms with Crippen molar-refractivity contribution in [3.8, 4) is 0 Å². The molecule has 0 heterocycles. The third kappa shape index (κ3) is 4.93. The van der Waals surface area contributed by atoms with Crippen molar-refractivity contribution in [2.75, 3.05) is 11.9 Å². The van der Waals surface area contributed by atoms with E-state index in [-0.39, 0.29) is 23.5 Å². The number of halogens is 3. The topological polar surface area (TPSA) is 41.1 Å². The van der Waals surface area contributed by atoms with Crippen LogP contribution in [0.4, 0.5) is 10.1 Å². The Labute approximate surface area is 144 Å². The van der Waals surface area contributed by atoms with Crippen LogP contribution in [0, 0.1) is 12.7 Å². The molecule has 0 aliphatic heterocycles. The molecule has 0 aromatic heterocycles. The first-order chi connectivity index (χ1) is 10.9. The zero-order valence-electron chi connectivity index (χ0n) is 12.8. The first-order valence-corrected chi connectivity index (χ1v) is 7.86. The molecule has 0 unspecified atom stereocenters. The van der Waals surface area contributed by atoms with Crippen molar-refractivity contribution in [2.45, 2.75) is 19.9 Å². The van der Waals surface area contributed by atoms with Crippen molar-refractivity contribution in [2.24, 2.45) is 0 Å². The molecule has 122 valence electrons. The molecule has 0 fully saturated rings. The molecule has 2 aromatic rings. The number of amides is 1. The van der Waals surface area contributed by atoms with Crippen LogP contribution in [0.5, 0.6) is 0 Å². The predicted molar refractivity (Wildman–Crippen MR) is 92.6 cm³/mol. The number of anilines is 1. The Hall–Kier alpha value is -1.62. The Balaban J connectivity index is 1.95. The molecular formula is C17H17Cl2FN2O. The summed E-state index contributed by atoms with van der Waals surface area (Å²) in [6, 6.07) is 9.87. The van der Waals surface area contributed by atoms with Crippen molar-refractivity contribution >= 4 is 34.8 Å². The van der Waals surface area contributed by atoms with Gasteiger partial charge in [-0.15, -0.1) is 0 Å². The molecule has 2 N–H and O–H groups in total. The smallest absolute Gasteiger partial charge is 0.238 e. The van der Waals surface area contributed by atoms with E-state index in [1.165, 1.54) is 12.1 Å². The highest BCUT2D eigenvalue weighted by Gasteiger charge is 2.14. The van der Waals surface area contributed by atoms with Gasteiger partial charge in [0.05, 0.1) is 11.6 Å². The van der Waals surface area contributed by atoms with Gasteiger partial charge in [-0.25, -0.2) is 4.39 Å². The minimum Gasteiger partial charge on any atom is -0.325 e. The highest BCUT2D eigenvalue weighted by molar-refractivity contribution is 6.35. The summed E-state index contributed by atoms with van der Waals surface area (Å²) in [4.78, 5) is 12.0. The summed E-state index contributed by atoms with van der Waals surface area (Å²) in [6.45, 7) is 3.83. The van der Waals surface area contributed by atoms with Crippen molar-refractivity contribution in [3.63, 3.8) is 0 Å². The highest BCUT2D eigenvalue weighted by atomic mass is 35.5. The summed E-state index contributed by atoms with van der Waals surface area (Å²) in [6.07, 6.45) is 0. The largest absolute Gasteiger partial charge is 0.325 e. The molecule has 3 nitrogen and oxygen atoms in total. The van der Waals surface area contributed by atoms with Gasteiger partial charge in [-0.05, 0) is 49.2 Å². The Morgan fingerprint density at radius 3 is 2.65 bits per heavy atom. The van der Waals surface area contributed by atoms with E-state index in [4.69, 9.17) is 23.2 Å². The Kier molecular flexibility index (Phi) is 5.99. The Bertz CT molecular complexity index is 722. The molecule has 0 aliphatic rings. The van der Waals surface area contributed by atoms with E-state index in [1.807, 2.05) is 31.2 Å². The van der Waals surface area contributed by atoms with Crippen molar-refractivity contribution < 1.29 is 9.18 Å². The molecule has 0 saturated heterocycles. The first kappa shape index (κ1) is 17.7. The summed E-state index contributed by atoms with van der Waals surface area (Å²) in [7, 11) is 0. The molecule has 1 amide bonds. The lowest BCUT2D eigenvalue weighted by Gasteiger charge is -2.16. The van der Waals surface area contributed by atoms with Crippen LogP contribution in [0.1, 0.15) is 24.1 Å². The molecule has 0 aliphatic carbocycles. The van der Waals surface area contributed by atoms with Gasteiger partial charge in [-0.3, -0.25) is 4.79 Å². The summed E-state index contributed by atoms with van der Waals surface area (Å²) in [5.41, 5.74) is 2.35. The molecule has 0 bridgehead atoms. The predicted octanol–water partition coefficient (Wildman–Crippen LogP) is 4.73. The Morgan fingerprint density at radius 1 is 1.22 bits per heavy atom. The molecule has 1 atom stereocenters. The molecule has 0 spiro atoms. The van der Waals surface area contributed by atoms with Gasteiger partial charge in [0.15, 0.2) is 0 Å². The van der Waals surface area contributed by atoms with E-state index in [0.717, 1.165) is 11.3 Å². The zero-order chi connectivity index (χ0) is 17.0. The van der Waals surface area contributed by atoms with Gasteiger partial charge < -0.3 is 10.6 Å². The van der Waals surface area contributed by atoms with Gasteiger partial charge in [0, 0.05) is 16.8 Å². The third-order valence-electron chi connectivity index (χ3n) is 3.38. The second kappa shape index (κ2) is 7.77. The van der Waals surface area contributed by atoms with Crippen LogP contribution in [-0.4, -0.2) is 12.5 Å². The van der Waals surface area contributed by atoms with Crippen LogP contribution in [0.15, 0.2) is 36.4 Å². The minimum atomic E-state index is -0.538. The molecule has 2 aromatic carbocycles. The van der Waals surface area contributed by atoms with Crippen LogP contribution >= 0.6 is 23.2 Å². The molecule has 2 rings (SSSR count). The van der Waals surface area contributed by atoms with E-state index in [2.05, 4.69) is 10.6 Å². The summed E-state index contributed by atoms with van der Waals surface area (Å²) in [5.74, 6) is -0.725. The van der Waals surface area contributed by atoms with E-state index in [0.29, 0.717) is 10.6 Å². The maximum atomic E-state index is 13.5. The SMILES string of the molecule is Cc1cccc(NC(=O)CN[C@H](C)c2cc(F)c(Cl)cc2Cl)c1. The van der Waals surface area contributed by atoms with E-state index in [9.17, 15) is 9.18 Å². The lowest BCUT2D eigenvalue weighted by Crippen LogP contribution is -2.30. The zero-order valence-corrected chi connectivity index (χ0v) is 14.3. The van der Waals surface area contributed by atoms with Gasteiger partial charge in [0.1, 0.15) is 5.82 Å². The molecule has 6 heteroatoms. The maximum absolute atomic E-state index is 13.5. The fourth-order valence-electron chi connectivity index (χ4n) is 2.15. The second-order valence-corrected chi connectivity index (χ2v) is 6.12. The minimum absolute atomic E-state index is 0.0249. The number of nitrogens with one attached hydrogen (secondary N) is 2. The van der Waals surface area contributed by atoms with Gasteiger partial charge in [0.2, 0.25) is 5.91 Å². The van der Waals surface area contributed by atoms with Gasteiger partial charge in [-0.2, -0.15) is 0 Å². The molecule has 23 heavy (non-hydrogen) atoms. The van der Waals surface area contributed by atoms with Gasteiger partial charge in [0.25, 0.3) is 0 Å². The standard InChI is InChI=1S/C17H17Cl2FN2O/c1-10-4-3-5-12(6-10)22-17(23)9-21-11(2)13-7-16(20)15(19)8-14(13)18/h3-8,11,21H,9H2,1-2H3,(H,22,23)/t11-/m1/s1. The number of rotatable bonds is 5. The molecule has 0 saturated carbocycles. The fourth-order valence-corrected chi connectivity index (χ4v) is 2.70. The maximum Gasteiger partial charge on any atom is 0.238 e. The second-order valence-electron chi connectivity index (χ2n) is 5.31. The summed E-state index contributed by atoms with van der Waals surface area (Å²) >= 11 is 11.7. The summed E-state index contributed by atoms with van der Waals surface area (Å²) in [5, 5.41) is 6.14. The number of carbonyl (C=O) groups is 1. The van der Waals surface area contributed by atoms with Crippen molar-refractivity contribution in [3.05, 3.63) is 63.4 Å². The lowest BCUT2D eigenvalue weighted by molar-refractivity contribution is -0.115. The lowest BCUT2D eigenvalue weighted by atomic mass is 10.1. The third-order valence-corrected chi connectivity index (χ3v) is 3.99. The van der Waals surface area contributed by atoms with E-state index >= 15 is 0 Å². The van der Waals surface area contributed by atoms with Gasteiger partial charge >= 0.3 is 0 Å². The molecule has 0 radical (unpaired) electrons. The van der Waals surface area contributed by atoms with Crippen molar-refractivity contribution in [1.82, 2.24) is 5.32 Å². The van der Waals surface area contributed by atoms with Crippen LogP contribution in [0.3, 0.4) is 0 Å².